The van der Waals surface area contributed by atoms with E-state index in [9.17, 15) is 19.3 Å². The molecule has 1 aliphatic rings. The Balaban J connectivity index is 1.53. The fourth-order valence-electron chi connectivity index (χ4n) is 4.55. The van der Waals surface area contributed by atoms with Crippen molar-refractivity contribution >= 4 is 23.0 Å². The second kappa shape index (κ2) is 10.7. The Hall–Kier alpha value is -4.72. The molecule has 192 valence electrons. The summed E-state index contributed by atoms with van der Waals surface area (Å²) in [7, 11) is 0. The van der Waals surface area contributed by atoms with Gasteiger partial charge in [-0.2, -0.15) is 4.39 Å². The molecule has 1 aliphatic heterocycles. The topological polar surface area (TPSA) is 84.7 Å². The van der Waals surface area contributed by atoms with Crippen LogP contribution in [0.3, 0.4) is 0 Å². The number of hydrogen-bond donors (Lipinski definition) is 1. The first-order valence-electron chi connectivity index (χ1n) is 12.3. The van der Waals surface area contributed by atoms with Gasteiger partial charge in [-0.15, -0.1) is 0 Å². The summed E-state index contributed by atoms with van der Waals surface area (Å²) in [5.41, 5.74) is 3.37. The maximum Gasteiger partial charge on any atom is 0.304 e. The van der Waals surface area contributed by atoms with E-state index in [0.717, 1.165) is 35.5 Å². The van der Waals surface area contributed by atoms with Gasteiger partial charge in [0.15, 0.2) is 0 Å². The maximum atomic E-state index is 14.5. The second-order valence-corrected chi connectivity index (χ2v) is 9.22. The van der Waals surface area contributed by atoms with Gasteiger partial charge in [0, 0.05) is 29.8 Å². The lowest BCUT2D eigenvalue weighted by atomic mass is 10.0. The minimum Gasteiger partial charge on any atom is -0.488 e. The zero-order valence-electron chi connectivity index (χ0n) is 20.8. The Morgan fingerprint density at radius 1 is 1.05 bits per heavy atom. The smallest absolute Gasteiger partial charge is 0.304 e. The van der Waals surface area contributed by atoms with Crippen LogP contribution >= 0.6 is 0 Å². The summed E-state index contributed by atoms with van der Waals surface area (Å²) in [6.07, 6.45) is 0.776. The van der Waals surface area contributed by atoms with Crippen molar-refractivity contribution in [3.05, 3.63) is 118 Å². The lowest BCUT2D eigenvalue weighted by Gasteiger charge is -2.23. The Kier molecular flexibility index (Phi) is 7.04. The van der Waals surface area contributed by atoms with Crippen molar-refractivity contribution in [1.29, 1.82) is 0 Å². The lowest BCUT2D eigenvalue weighted by Crippen LogP contribution is -2.32. The molecule has 0 unspecified atom stereocenters. The highest BCUT2D eigenvalue weighted by Crippen LogP contribution is 2.36. The van der Waals surface area contributed by atoms with Gasteiger partial charge in [0.1, 0.15) is 12.4 Å². The largest absolute Gasteiger partial charge is 0.488 e. The molecule has 1 atom stereocenters. The van der Waals surface area contributed by atoms with Crippen LogP contribution in [0.4, 0.5) is 21.5 Å². The van der Waals surface area contributed by atoms with Gasteiger partial charge in [0.25, 0.3) is 5.91 Å². The number of carbonyl (C=O) groups excluding carboxylic acids is 1. The molecule has 4 aromatic rings. The van der Waals surface area contributed by atoms with E-state index >= 15 is 0 Å². The zero-order chi connectivity index (χ0) is 26.6. The molecular formula is C30H26FN3O4. The molecule has 0 saturated carbocycles. The molecule has 1 heterocycles. The van der Waals surface area contributed by atoms with E-state index in [1.807, 2.05) is 54.6 Å². The van der Waals surface area contributed by atoms with Crippen LogP contribution in [0.15, 0.2) is 91.0 Å². The number of fused-ring (bicyclic) bond motifs is 1. The van der Waals surface area contributed by atoms with Crippen LogP contribution < -0.4 is 15.0 Å². The maximum absolute atomic E-state index is 14.5. The lowest BCUT2D eigenvalue weighted by molar-refractivity contribution is -0.387. The number of nitrogens with zero attached hydrogens (tertiary/aromatic N) is 2. The summed E-state index contributed by atoms with van der Waals surface area (Å²) < 4.78 is 20.6. The number of halogens is 1. The van der Waals surface area contributed by atoms with E-state index in [1.54, 1.807) is 23.1 Å². The van der Waals surface area contributed by atoms with Crippen molar-refractivity contribution in [1.82, 2.24) is 0 Å². The highest BCUT2D eigenvalue weighted by Gasteiger charge is 2.25. The first kappa shape index (κ1) is 25.0. The van der Waals surface area contributed by atoms with Gasteiger partial charge < -0.3 is 15.0 Å². The number of nitrogens with one attached hydrogen (secondary N) is 1. The van der Waals surface area contributed by atoms with Crippen LogP contribution in [0.2, 0.25) is 0 Å². The van der Waals surface area contributed by atoms with Gasteiger partial charge in [0.2, 0.25) is 5.82 Å². The number of hydrogen-bond acceptors (Lipinski definition) is 5. The van der Waals surface area contributed by atoms with Crippen molar-refractivity contribution in [2.45, 2.75) is 26.0 Å². The van der Waals surface area contributed by atoms with Crippen LogP contribution in [0.1, 0.15) is 29.3 Å². The van der Waals surface area contributed by atoms with Crippen molar-refractivity contribution < 1.29 is 18.8 Å². The van der Waals surface area contributed by atoms with E-state index in [4.69, 9.17) is 4.74 Å². The van der Waals surface area contributed by atoms with Crippen LogP contribution in [-0.4, -0.2) is 23.4 Å². The molecule has 0 aliphatic carbocycles. The van der Waals surface area contributed by atoms with Crippen LogP contribution in [0, 0.1) is 15.9 Å². The molecule has 0 bridgehead atoms. The number of anilines is 2. The van der Waals surface area contributed by atoms with Crippen molar-refractivity contribution in [3.63, 3.8) is 0 Å². The summed E-state index contributed by atoms with van der Waals surface area (Å²) >= 11 is 0. The number of amides is 1. The number of carbonyl (C=O) groups is 1. The van der Waals surface area contributed by atoms with Crippen molar-refractivity contribution in [2.24, 2.45) is 0 Å². The first-order valence-corrected chi connectivity index (χ1v) is 12.3. The van der Waals surface area contributed by atoms with E-state index in [-0.39, 0.29) is 18.6 Å². The van der Waals surface area contributed by atoms with Crippen LogP contribution in [0.5, 0.6) is 5.75 Å². The van der Waals surface area contributed by atoms with Crippen molar-refractivity contribution in [2.75, 3.05) is 16.8 Å². The van der Waals surface area contributed by atoms with Gasteiger partial charge in [0.05, 0.1) is 16.3 Å². The van der Waals surface area contributed by atoms with Gasteiger partial charge in [-0.3, -0.25) is 14.9 Å². The predicted molar refractivity (Wildman–Crippen MR) is 145 cm³/mol. The third kappa shape index (κ3) is 5.20. The number of rotatable bonds is 6. The Morgan fingerprint density at radius 2 is 1.82 bits per heavy atom. The molecule has 5 rings (SSSR count). The average molecular weight is 512 g/mol. The molecule has 7 nitrogen and oxygen atoms in total. The fourth-order valence-corrected chi connectivity index (χ4v) is 4.55. The monoisotopic (exact) mass is 511 g/mol. The van der Waals surface area contributed by atoms with Gasteiger partial charge in [-0.05, 0) is 66.9 Å². The summed E-state index contributed by atoms with van der Waals surface area (Å²) in [6, 6.07) is 26.2. The van der Waals surface area contributed by atoms with E-state index in [0.29, 0.717) is 29.0 Å². The third-order valence-electron chi connectivity index (χ3n) is 6.55. The van der Waals surface area contributed by atoms with Gasteiger partial charge in [-0.1, -0.05) is 42.5 Å². The molecule has 0 saturated heterocycles. The molecule has 8 heteroatoms. The summed E-state index contributed by atoms with van der Waals surface area (Å²) in [4.78, 5) is 25.9. The second-order valence-electron chi connectivity index (χ2n) is 9.22. The number of nitro benzene ring substituents is 1. The van der Waals surface area contributed by atoms with Crippen LogP contribution in [0.25, 0.3) is 11.1 Å². The number of benzene rings is 4. The standard InChI is InChI=1S/C30H26FN3O4/c1-20-15-16-33(28-10-6-5-9-26(28)32-20)30(35)23-11-13-24(22-12-14-27(34(36)37)25(31)17-22)29(18-23)38-19-21-7-3-2-4-8-21/h2-14,17-18,20,32H,15-16,19H2,1H3/t20-/m0/s1. The van der Waals surface area contributed by atoms with Gasteiger partial charge in [-0.25, -0.2) is 0 Å². The third-order valence-corrected chi connectivity index (χ3v) is 6.55. The predicted octanol–water partition coefficient (Wildman–Crippen LogP) is 6.83. The molecule has 0 fully saturated rings. The molecule has 1 N–H and O–H groups in total. The summed E-state index contributed by atoms with van der Waals surface area (Å²) in [5.74, 6) is -0.744. The Bertz CT molecular complexity index is 1490. The van der Waals surface area contributed by atoms with Crippen molar-refractivity contribution in [3.8, 4) is 16.9 Å². The molecule has 0 spiro atoms. The molecule has 1 amide bonds. The fraction of sp³-hybridized carbons (Fsp3) is 0.167. The summed E-state index contributed by atoms with van der Waals surface area (Å²) in [6.45, 7) is 2.85. The average Bonchev–Trinajstić information content (AvgIpc) is 3.09. The SMILES string of the molecule is C[C@H]1CCN(C(=O)c2ccc(-c3ccc([N+](=O)[O-])c(F)c3)c(OCc3ccccc3)c2)c2ccccc2N1. The first-order chi connectivity index (χ1) is 18.4. The number of ether oxygens (including phenoxy) is 1. The molecule has 4 aromatic carbocycles. The minimum absolute atomic E-state index is 0.181. The Morgan fingerprint density at radius 3 is 2.58 bits per heavy atom. The minimum atomic E-state index is -0.940. The van der Waals surface area contributed by atoms with E-state index < -0.39 is 16.4 Å². The molecule has 0 aromatic heterocycles. The number of nitro groups is 1. The molecule has 38 heavy (non-hydrogen) atoms. The summed E-state index contributed by atoms with van der Waals surface area (Å²) in [5, 5.41) is 14.5. The highest BCUT2D eigenvalue weighted by atomic mass is 19.1. The molecule has 0 radical (unpaired) electrons. The van der Waals surface area contributed by atoms with E-state index in [2.05, 4.69) is 12.2 Å². The van der Waals surface area contributed by atoms with Gasteiger partial charge >= 0.3 is 5.69 Å². The number of para-hydroxylation sites is 2. The Labute approximate surface area is 219 Å². The van der Waals surface area contributed by atoms with Crippen LogP contribution in [-0.2, 0) is 6.61 Å². The zero-order valence-corrected chi connectivity index (χ0v) is 20.8. The quantitative estimate of drug-likeness (QED) is 0.227. The van der Waals surface area contributed by atoms with E-state index in [1.165, 1.54) is 6.07 Å². The normalized spacial score (nSPS) is 14.7. The highest BCUT2D eigenvalue weighted by molar-refractivity contribution is 6.08. The molecular weight excluding hydrogens is 485 g/mol.